The number of thiazole rings is 1. The molecule has 0 saturated heterocycles. The molecular weight excluding hydrogens is 370 g/mol. The summed E-state index contributed by atoms with van der Waals surface area (Å²) < 4.78 is 33.0. The Balaban J connectivity index is 1.66. The van der Waals surface area contributed by atoms with Gasteiger partial charge >= 0.3 is 0 Å². The summed E-state index contributed by atoms with van der Waals surface area (Å²) in [4.78, 5) is 8.71. The summed E-state index contributed by atoms with van der Waals surface area (Å²) in [5.74, 6) is 0.639. The standard InChI is InChI=1S/C18H19N3O3S2/c1-13(2)24-15-5-7-16(8-6-15)26(22,23)20-11-18-21-17(12-25-18)14-4-3-9-19-10-14/h3-10,12-13,20H,11H2,1-2H3. The number of aromatic nitrogens is 2. The Labute approximate surface area is 157 Å². The van der Waals surface area contributed by atoms with Gasteiger partial charge in [-0.3, -0.25) is 4.98 Å². The Morgan fingerprint density at radius 1 is 1.19 bits per heavy atom. The van der Waals surface area contributed by atoms with Gasteiger partial charge in [0.1, 0.15) is 10.8 Å². The molecule has 0 saturated carbocycles. The van der Waals surface area contributed by atoms with Crippen LogP contribution in [0.2, 0.25) is 0 Å². The molecule has 2 aromatic heterocycles. The molecule has 0 aliphatic heterocycles. The minimum Gasteiger partial charge on any atom is -0.491 e. The smallest absolute Gasteiger partial charge is 0.240 e. The minimum absolute atomic E-state index is 0.0366. The van der Waals surface area contributed by atoms with E-state index in [4.69, 9.17) is 4.74 Å². The van der Waals surface area contributed by atoms with Gasteiger partial charge in [-0.2, -0.15) is 0 Å². The van der Waals surface area contributed by atoms with Gasteiger partial charge in [0.2, 0.25) is 10.0 Å². The average Bonchev–Trinajstić information content (AvgIpc) is 3.10. The highest BCUT2D eigenvalue weighted by Crippen LogP contribution is 2.21. The summed E-state index contributed by atoms with van der Waals surface area (Å²) in [6, 6.07) is 10.1. The Morgan fingerprint density at radius 3 is 2.62 bits per heavy atom. The second-order valence-corrected chi connectivity index (χ2v) is 8.54. The Morgan fingerprint density at radius 2 is 1.96 bits per heavy atom. The molecule has 0 radical (unpaired) electrons. The maximum atomic E-state index is 12.4. The summed E-state index contributed by atoms with van der Waals surface area (Å²) in [6.07, 6.45) is 3.46. The lowest BCUT2D eigenvalue weighted by Gasteiger charge is -2.10. The van der Waals surface area contributed by atoms with Crippen molar-refractivity contribution in [2.45, 2.75) is 31.4 Å². The van der Waals surface area contributed by atoms with Crippen molar-refractivity contribution in [1.29, 1.82) is 0 Å². The van der Waals surface area contributed by atoms with Gasteiger partial charge in [-0.05, 0) is 50.2 Å². The molecular formula is C18H19N3O3S2. The number of pyridine rings is 1. The van der Waals surface area contributed by atoms with Crippen molar-refractivity contribution in [2.75, 3.05) is 0 Å². The third kappa shape index (κ3) is 4.66. The molecule has 0 bridgehead atoms. The van der Waals surface area contributed by atoms with Crippen LogP contribution in [0.3, 0.4) is 0 Å². The van der Waals surface area contributed by atoms with Crippen molar-refractivity contribution < 1.29 is 13.2 Å². The predicted molar refractivity (Wildman–Crippen MR) is 102 cm³/mol. The predicted octanol–water partition coefficient (Wildman–Crippen LogP) is 3.47. The van der Waals surface area contributed by atoms with Gasteiger partial charge in [0, 0.05) is 23.3 Å². The summed E-state index contributed by atoms with van der Waals surface area (Å²) in [7, 11) is -3.61. The van der Waals surface area contributed by atoms with Gasteiger partial charge < -0.3 is 4.74 Å². The van der Waals surface area contributed by atoms with Crippen LogP contribution in [-0.2, 0) is 16.6 Å². The van der Waals surface area contributed by atoms with E-state index in [2.05, 4.69) is 14.7 Å². The van der Waals surface area contributed by atoms with E-state index >= 15 is 0 Å². The topological polar surface area (TPSA) is 81.2 Å². The number of benzene rings is 1. The highest BCUT2D eigenvalue weighted by atomic mass is 32.2. The van der Waals surface area contributed by atoms with E-state index in [1.165, 1.54) is 23.5 Å². The molecule has 0 fully saturated rings. The molecule has 1 aromatic carbocycles. The lowest BCUT2D eigenvalue weighted by molar-refractivity contribution is 0.242. The highest BCUT2D eigenvalue weighted by Gasteiger charge is 2.15. The van der Waals surface area contributed by atoms with Crippen LogP contribution >= 0.6 is 11.3 Å². The summed E-state index contributed by atoms with van der Waals surface area (Å²) in [5.41, 5.74) is 1.69. The van der Waals surface area contributed by atoms with Gasteiger partial charge in [-0.25, -0.2) is 18.1 Å². The first-order valence-corrected chi connectivity index (χ1v) is 10.4. The lowest BCUT2D eigenvalue weighted by Crippen LogP contribution is -2.23. The number of ether oxygens (including phenoxy) is 1. The van der Waals surface area contributed by atoms with Gasteiger partial charge in [-0.15, -0.1) is 11.3 Å². The van der Waals surface area contributed by atoms with Crippen molar-refractivity contribution in [3.05, 3.63) is 59.2 Å². The molecule has 8 heteroatoms. The number of hydrogen-bond donors (Lipinski definition) is 1. The monoisotopic (exact) mass is 389 g/mol. The van der Waals surface area contributed by atoms with Gasteiger partial charge in [0.05, 0.1) is 23.2 Å². The molecule has 0 spiro atoms. The largest absolute Gasteiger partial charge is 0.491 e. The van der Waals surface area contributed by atoms with Crippen LogP contribution in [0, 0.1) is 0 Å². The van der Waals surface area contributed by atoms with Gasteiger partial charge in [0.15, 0.2) is 0 Å². The summed E-state index contributed by atoms with van der Waals surface area (Å²) in [6.45, 7) is 3.97. The van der Waals surface area contributed by atoms with Crippen LogP contribution in [0.25, 0.3) is 11.3 Å². The van der Waals surface area contributed by atoms with E-state index < -0.39 is 10.0 Å². The Kier molecular flexibility index (Phi) is 5.65. The molecule has 2 heterocycles. The molecule has 0 aliphatic carbocycles. The molecule has 0 atom stereocenters. The Bertz CT molecular complexity index is 953. The van der Waals surface area contributed by atoms with Crippen LogP contribution in [0.1, 0.15) is 18.9 Å². The van der Waals surface area contributed by atoms with Crippen molar-refractivity contribution in [3.8, 4) is 17.0 Å². The maximum absolute atomic E-state index is 12.4. The SMILES string of the molecule is CC(C)Oc1ccc(S(=O)(=O)NCc2nc(-c3cccnc3)cs2)cc1. The molecule has 26 heavy (non-hydrogen) atoms. The fourth-order valence-corrected chi connectivity index (χ4v) is 4.07. The first kappa shape index (κ1) is 18.5. The van der Waals surface area contributed by atoms with E-state index in [0.29, 0.717) is 10.8 Å². The van der Waals surface area contributed by atoms with Crippen molar-refractivity contribution >= 4 is 21.4 Å². The number of rotatable bonds is 7. The molecule has 0 amide bonds. The van der Waals surface area contributed by atoms with Crippen LogP contribution in [-0.4, -0.2) is 24.5 Å². The first-order valence-electron chi connectivity index (χ1n) is 8.05. The van der Waals surface area contributed by atoms with E-state index in [1.54, 1.807) is 24.5 Å². The van der Waals surface area contributed by atoms with Gasteiger partial charge in [-0.1, -0.05) is 0 Å². The fraction of sp³-hybridized carbons (Fsp3) is 0.222. The average molecular weight is 390 g/mol. The zero-order valence-corrected chi connectivity index (χ0v) is 16.0. The number of nitrogens with one attached hydrogen (secondary N) is 1. The van der Waals surface area contributed by atoms with Crippen molar-refractivity contribution in [3.63, 3.8) is 0 Å². The molecule has 136 valence electrons. The van der Waals surface area contributed by atoms with E-state index in [-0.39, 0.29) is 17.5 Å². The second-order valence-electron chi connectivity index (χ2n) is 5.83. The van der Waals surface area contributed by atoms with E-state index in [0.717, 1.165) is 11.3 Å². The zero-order chi connectivity index (χ0) is 18.6. The van der Waals surface area contributed by atoms with Crippen LogP contribution < -0.4 is 9.46 Å². The molecule has 0 aliphatic rings. The number of hydrogen-bond acceptors (Lipinski definition) is 6. The van der Waals surface area contributed by atoms with E-state index in [9.17, 15) is 8.42 Å². The fourth-order valence-electron chi connectivity index (χ4n) is 2.25. The zero-order valence-electron chi connectivity index (χ0n) is 14.4. The molecule has 0 unspecified atom stereocenters. The van der Waals surface area contributed by atoms with Crippen molar-refractivity contribution in [2.24, 2.45) is 0 Å². The molecule has 3 rings (SSSR count). The highest BCUT2D eigenvalue weighted by molar-refractivity contribution is 7.89. The first-order chi connectivity index (χ1) is 12.4. The Hall–Kier alpha value is -2.29. The number of nitrogens with zero attached hydrogens (tertiary/aromatic N) is 2. The third-order valence-electron chi connectivity index (χ3n) is 3.43. The van der Waals surface area contributed by atoms with Crippen LogP contribution in [0.15, 0.2) is 59.1 Å². The van der Waals surface area contributed by atoms with E-state index in [1.807, 2.05) is 31.4 Å². The minimum atomic E-state index is -3.61. The third-order valence-corrected chi connectivity index (χ3v) is 5.69. The number of sulfonamides is 1. The van der Waals surface area contributed by atoms with Crippen LogP contribution in [0.5, 0.6) is 5.75 Å². The van der Waals surface area contributed by atoms with Gasteiger partial charge in [0.25, 0.3) is 0 Å². The van der Waals surface area contributed by atoms with Crippen molar-refractivity contribution in [1.82, 2.24) is 14.7 Å². The normalized spacial score (nSPS) is 11.7. The van der Waals surface area contributed by atoms with Crippen LogP contribution in [0.4, 0.5) is 0 Å². The summed E-state index contributed by atoms with van der Waals surface area (Å²) >= 11 is 1.40. The quantitative estimate of drug-likeness (QED) is 0.669. The second kappa shape index (κ2) is 7.94. The maximum Gasteiger partial charge on any atom is 0.240 e. The molecule has 6 nitrogen and oxygen atoms in total. The molecule has 1 N–H and O–H groups in total. The molecule has 3 aromatic rings. The summed E-state index contributed by atoms with van der Waals surface area (Å²) in [5, 5.41) is 2.57. The lowest BCUT2D eigenvalue weighted by atomic mass is 10.2.